The molecule has 0 fully saturated rings. The maximum atomic E-state index is 12.6. The second kappa shape index (κ2) is 6.71. The quantitative estimate of drug-likeness (QED) is 0.447. The fraction of sp³-hybridized carbons (Fsp3) is 0.125. The van der Waals surface area contributed by atoms with Gasteiger partial charge >= 0.3 is 6.18 Å². The normalized spacial score (nSPS) is 12.4. The molecule has 2 aromatic carbocycles. The highest BCUT2D eigenvalue weighted by molar-refractivity contribution is 5.99. The smallest absolute Gasteiger partial charge is 0.411 e. The summed E-state index contributed by atoms with van der Waals surface area (Å²) in [6.07, 6.45) is -4.40. The largest absolute Gasteiger partial charge is 0.416 e. The molecule has 0 amide bonds. The van der Waals surface area contributed by atoms with E-state index in [9.17, 15) is 13.2 Å². The first-order valence-electron chi connectivity index (χ1n) is 7.19. The van der Waals surface area contributed by atoms with E-state index in [2.05, 4.69) is 20.6 Å². The van der Waals surface area contributed by atoms with Gasteiger partial charge in [-0.2, -0.15) is 18.0 Å². The number of hydrogen-bond acceptors (Lipinski definition) is 5. The molecule has 0 unspecified atom stereocenters. The predicted octanol–water partition coefficient (Wildman–Crippen LogP) is 3.24. The lowest BCUT2D eigenvalue weighted by Crippen LogP contribution is -2.14. The zero-order chi connectivity index (χ0) is 17.9. The topological polar surface area (TPSA) is 76.2 Å². The van der Waals surface area contributed by atoms with Gasteiger partial charge in [-0.3, -0.25) is 0 Å². The molecule has 0 saturated heterocycles. The third-order valence-corrected chi connectivity index (χ3v) is 3.44. The summed E-state index contributed by atoms with van der Waals surface area (Å²) in [6.45, 7) is 0.0636. The molecule has 9 heteroatoms. The highest BCUT2D eigenvalue weighted by atomic mass is 19.4. The third-order valence-electron chi connectivity index (χ3n) is 3.44. The number of alkyl halides is 3. The van der Waals surface area contributed by atoms with Crippen molar-refractivity contribution in [2.24, 2.45) is 5.16 Å². The summed E-state index contributed by atoms with van der Waals surface area (Å²) in [5.41, 5.74) is 0.680. The zero-order valence-electron chi connectivity index (χ0n) is 12.7. The Bertz CT molecular complexity index is 873. The van der Waals surface area contributed by atoms with Crippen molar-refractivity contribution < 1.29 is 18.4 Å². The molecule has 25 heavy (non-hydrogen) atoms. The van der Waals surface area contributed by atoms with Crippen molar-refractivity contribution in [3.05, 3.63) is 65.7 Å². The van der Waals surface area contributed by atoms with Gasteiger partial charge in [0.25, 0.3) is 0 Å². The van der Waals surface area contributed by atoms with Crippen LogP contribution in [0, 0.1) is 0 Å². The second-order valence-corrected chi connectivity index (χ2v) is 5.13. The minimum Gasteiger partial charge on any atom is -0.411 e. The van der Waals surface area contributed by atoms with Gasteiger partial charge in [0, 0.05) is 11.1 Å². The van der Waals surface area contributed by atoms with E-state index in [-0.39, 0.29) is 12.4 Å². The van der Waals surface area contributed by atoms with Crippen LogP contribution in [-0.2, 0) is 12.7 Å². The number of aromatic nitrogens is 4. The monoisotopic (exact) mass is 347 g/mol. The number of oxime groups is 1. The number of halogens is 3. The van der Waals surface area contributed by atoms with Crippen molar-refractivity contribution in [2.45, 2.75) is 12.7 Å². The number of rotatable bonds is 4. The maximum Gasteiger partial charge on any atom is 0.416 e. The van der Waals surface area contributed by atoms with Crippen LogP contribution in [0.2, 0.25) is 0 Å². The Labute approximate surface area is 140 Å². The van der Waals surface area contributed by atoms with Gasteiger partial charge in [0.05, 0.1) is 5.56 Å². The van der Waals surface area contributed by atoms with Crippen molar-refractivity contribution in [2.75, 3.05) is 0 Å². The Hall–Kier alpha value is -3.23. The maximum absolute atomic E-state index is 12.6. The van der Waals surface area contributed by atoms with Crippen LogP contribution < -0.4 is 0 Å². The molecule has 0 atom stereocenters. The van der Waals surface area contributed by atoms with E-state index in [0.717, 1.165) is 12.1 Å². The van der Waals surface area contributed by atoms with E-state index < -0.39 is 11.7 Å². The molecule has 6 nitrogen and oxygen atoms in total. The summed E-state index contributed by atoms with van der Waals surface area (Å²) in [5.74, 6) is 0.180. The lowest BCUT2D eigenvalue weighted by atomic mass is 10.1. The van der Waals surface area contributed by atoms with Crippen molar-refractivity contribution in [1.82, 2.24) is 20.2 Å². The van der Waals surface area contributed by atoms with Gasteiger partial charge in [0.15, 0.2) is 0 Å². The highest BCUT2D eigenvalue weighted by Gasteiger charge is 2.30. The standard InChI is InChI=1S/C16H12F3N5O/c17-16(18,19)13-8-6-12(7-9-13)15-20-23-24(21-15)10-14(22-25)11-4-2-1-3-5-11/h1-9,25H,10H2/b22-14-. The van der Waals surface area contributed by atoms with Gasteiger partial charge in [-0.15, -0.1) is 10.2 Å². The Morgan fingerprint density at radius 2 is 1.72 bits per heavy atom. The third kappa shape index (κ3) is 3.82. The van der Waals surface area contributed by atoms with Crippen LogP contribution in [0.5, 0.6) is 0 Å². The average molecular weight is 347 g/mol. The van der Waals surface area contributed by atoms with E-state index in [1.807, 2.05) is 6.07 Å². The molecule has 3 rings (SSSR count). The minimum absolute atomic E-state index is 0.0636. The van der Waals surface area contributed by atoms with E-state index in [0.29, 0.717) is 16.8 Å². The Morgan fingerprint density at radius 3 is 2.32 bits per heavy atom. The van der Waals surface area contributed by atoms with E-state index in [1.165, 1.54) is 16.9 Å². The summed E-state index contributed by atoms with van der Waals surface area (Å²) in [5, 5.41) is 24.2. The molecule has 1 N–H and O–H groups in total. The fourth-order valence-electron chi connectivity index (χ4n) is 2.18. The number of benzene rings is 2. The lowest BCUT2D eigenvalue weighted by Gasteiger charge is -2.06. The van der Waals surface area contributed by atoms with Gasteiger partial charge in [-0.25, -0.2) is 0 Å². The molecule has 128 valence electrons. The summed E-state index contributed by atoms with van der Waals surface area (Å²) >= 11 is 0. The first kappa shape index (κ1) is 16.6. The van der Waals surface area contributed by atoms with Crippen molar-refractivity contribution in [3.63, 3.8) is 0 Å². The molecule has 0 aliphatic rings. The van der Waals surface area contributed by atoms with Crippen molar-refractivity contribution in [1.29, 1.82) is 0 Å². The zero-order valence-corrected chi connectivity index (χ0v) is 12.7. The Kier molecular flexibility index (Phi) is 4.46. The number of tetrazole rings is 1. The van der Waals surface area contributed by atoms with Crippen LogP contribution in [0.1, 0.15) is 11.1 Å². The van der Waals surface area contributed by atoms with Gasteiger partial charge in [-0.1, -0.05) is 47.6 Å². The van der Waals surface area contributed by atoms with Crippen LogP contribution in [0.25, 0.3) is 11.4 Å². The Balaban J connectivity index is 1.78. The molecular weight excluding hydrogens is 335 g/mol. The van der Waals surface area contributed by atoms with Gasteiger partial charge in [0.1, 0.15) is 12.3 Å². The highest BCUT2D eigenvalue weighted by Crippen LogP contribution is 2.30. The van der Waals surface area contributed by atoms with Crippen LogP contribution in [0.15, 0.2) is 59.8 Å². The molecule has 1 aromatic heterocycles. The van der Waals surface area contributed by atoms with Crippen molar-refractivity contribution >= 4 is 5.71 Å². The Morgan fingerprint density at radius 1 is 1.04 bits per heavy atom. The van der Waals surface area contributed by atoms with Crippen molar-refractivity contribution in [3.8, 4) is 11.4 Å². The van der Waals surface area contributed by atoms with E-state index in [1.54, 1.807) is 24.3 Å². The molecule has 0 saturated carbocycles. The minimum atomic E-state index is -4.40. The summed E-state index contributed by atoms with van der Waals surface area (Å²) in [7, 11) is 0. The second-order valence-electron chi connectivity index (χ2n) is 5.13. The first-order chi connectivity index (χ1) is 12.0. The summed E-state index contributed by atoms with van der Waals surface area (Å²) in [6, 6.07) is 13.4. The van der Waals surface area contributed by atoms with Gasteiger partial charge in [-0.05, 0) is 17.3 Å². The molecule has 0 bridgehead atoms. The van der Waals surface area contributed by atoms with Crippen LogP contribution in [0.4, 0.5) is 13.2 Å². The predicted molar refractivity (Wildman–Crippen MR) is 83.0 cm³/mol. The van der Waals surface area contributed by atoms with Crippen LogP contribution >= 0.6 is 0 Å². The molecular formula is C16H12F3N5O. The molecule has 0 spiro atoms. The summed E-state index contributed by atoms with van der Waals surface area (Å²) in [4.78, 5) is 1.20. The van der Waals surface area contributed by atoms with E-state index >= 15 is 0 Å². The van der Waals surface area contributed by atoms with Gasteiger partial charge < -0.3 is 5.21 Å². The van der Waals surface area contributed by atoms with Crippen LogP contribution in [-0.4, -0.2) is 31.1 Å². The molecule has 0 aliphatic carbocycles. The van der Waals surface area contributed by atoms with Gasteiger partial charge in [0.2, 0.25) is 5.82 Å². The number of nitrogens with zero attached hydrogens (tertiary/aromatic N) is 5. The summed E-state index contributed by atoms with van der Waals surface area (Å²) < 4.78 is 37.8. The SMILES string of the molecule is O/N=C(/Cn1nnc(-c2ccc(C(F)(F)F)cc2)n1)c1ccccc1. The fourth-order valence-corrected chi connectivity index (χ4v) is 2.18. The average Bonchev–Trinajstić information content (AvgIpc) is 3.08. The van der Waals surface area contributed by atoms with Crippen LogP contribution in [0.3, 0.4) is 0 Å². The molecule has 0 radical (unpaired) electrons. The molecule has 0 aliphatic heterocycles. The lowest BCUT2D eigenvalue weighted by molar-refractivity contribution is -0.137. The molecule has 3 aromatic rings. The molecule has 1 heterocycles. The van der Waals surface area contributed by atoms with E-state index in [4.69, 9.17) is 5.21 Å². The first-order valence-corrected chi connectivity index (χ1v) is 7.19. The number of hydrogen-bond donors (Lipinski definition) is 1.